The molecule has 0 saturated heterocycles. The van der Waals surface area contributed by atoms with Crippen LogP contribution in [0.15, 0.2) is 36.7 Å². The van der Waals surface area contributed by atoms with Crippen molar-refractivity contribution in [1.82, 2.24) is 14.4 Å². The highest BCUT2D eigenvalue weighted by Gasteiger charge is 2.35. The molecule has 2 N–H and O–H groups in total. The van der Waals surface area contributed by atoms with Crippen molar-refractivity contribution in [3.63, 3.8) is 0 Å². The maximum atomic E-state index is 13.4. The number of aromatic nitrogens is 1. The summed E-state index contributed by atoms with van der Waals surface area (Å²) in [5.74, 6) is -0.232. The van der Waals surface area contributed by atoms with Crippen molar-refractivity contribution in [2.24, 2.45) is 24.1 Å². The van der Waals surface area contributed by atoms with Crippen LogP contribution < -0.4 is 5.73 Å². The predicted molar refractivity (Wildman–Crippen MR) is 125 cm³/mol. The highest BCUT2D eigenvalue weighted by Crippen LogP contribution is 2.34. The van der Waals surface area contributed by atoms with Gasteiger partial charge in [-0.2, -0.15) is 0 Å². The van der Waals surface area contributed by atoms with E-state index < -0.39 is 12.0 Å². The van der Waals surface area contributed by atoms with E-state index in [2.05, 4.69) is 15.5 Å². The maximum absolute atomic E-state index is 13.4. The summed E-state index contributed by atoms with van der Waals surface area (Å²) in [5, 5.41) is 1.05. The number of nitrogens with two attached hydrogens (primary N) is 1. The number of ketones is 1. The van der Waals surface area contributed by atoms with Crippen molar-refractivity contribution in [2.75, 3.05) is 13.3 Å². The fourth-order valence-electron chi connectivity index (χ4n) is 4.65. The molecule has 32 heavy (non-hydrogen) atoms. The van der Waals surface area contributed by atoms with Gasteiger partial charge in [0.25, 0.3) is 0 Å². The van der Waals surface area contributed by atoms with Gasteiger partial charge in [0, 0.05) is 54.1 Å². The average molecular weight is 439 g/mol. The Hall–Kier alpha value is -2.80. The molecular formula is C25H34N4O3. The van der Waals surface area contributed by atoms with Gasteiger partial charge in [-0.1, -0.05) is 39.0 Å². The number of fused-ring (bicyclic) bond motifs is 3. The largest absolute Gasteiger partial charge is 0.443 e. The lowest BCUT2D eigenvalue weighted by atomic mass is 9.84. The minimum Gasteiger partial charge on any atom is -0.443 e. The zero-order valence-electron chi connectivity index (χ0n) is 19.7. The molecule has 3 atom stereocenters. The molecule has 1 aromatic carbocycles. The van der Waals surface area contributed by atoms with E-state index in [9.17, 15) is 9.59 Å². The summed E-state index contributed by atoms with van der Waals surface area (Å²) in [6, 6.07) is 7.46. The molecule has 7 heteroatoms. The summed E-state index contributed by atoms with van der Waals surface area (Å²) in [4.78, 5) is 29.8. The van der Waals surface area contributed by atoms with Crippen molar-refractivity contribution >= 4 is 22.7 Å². The third-order valence-corrected chi connectivity index (χ3v) is 6.96. The molecule has 1 aromatic heterocycles. The standard InChI is InChI=1S/C25H34N4O3/c1-16-28(12-13-29(16)15-32-24(31)23(26)25(2,3)4)14-17-10-11-20-21(22(17)30)18-8-6-7-9-19(18)27(20)5/h6-9,12-13,16-17,23H,10-11,14-15,26H2,1-5H3/t16?,17?,23-/m1/s1. The first-order valence-electron chi connectivity index (χ1n) is 11.3. The van der Waals surface area contributed by atoms with Crippen molar-refractivity contribution in [3.8, 4) is 0 Å². The van der Waals surface area contributed by atoms with E-state index in [1.807, 2.05) is 70.2 Å². The summed E-state index contributed by atoms with van der Waals surface area (Å²) in [5.41, 5.74) is 8.79. The second kappa shape index (κ2) is 8.28. The Morgan fingerprint density at radius 2 is 1.91 bits per heavy atom. The molecule has 0 fully saturated rings. The predicted octanol–water partition coefficient (Wildman–Crippen LogP) is 3.23. The van der Waals surface area contributed by atoms with Gasteiger partial charge in [-0.3, -0.25) is 9.59 Å². The van der Waals surface area contributed by atoms with Crippen LogP contribution in [0.3, 0.4) is 0 Å². The number of nitrogens with zero attached hydrogens (tertiary/aromatic N) is 3. The SMILES string of the molecule is CC1N(COC(=O)[C@@H](N)C(C)(C)C)C=CN1CC1CCc2c(c3ccccc3n2C)C1=O. The lowest BCUT2D eigenvalue weighted by molar-refractivity contribution is -0.152. The van der Waals surface area contributed by atoms with Gasteiger partial charge in [-0.05, 0) is 31.2 Å². The van der Waals surface area contributed by atoms with Gasteiger partial charge in [0.15, 0.2) is 12.5 Å². The zero-order valence-corrected chi connectivity index (χ0v) is 19.7. The van der Waals surface area contributed by atoms with Gasteiger partial charge >= 0.3 is 5.97 Å². The molecule has 4 rings (SSSR count). The van der Waals surface area contributed by atoms with Crippen molar-refractivity contribution in [3.05, 3.63) is 47.9 Å². The van der Waals surface area contributed by atoms with Crippen LogP contribution >= 0.6 is 0 Å². The van der Waals surface area contributed by atoms with Crippen LogP contribution in [0.4, 0.5) is 0 Å². The monoisotopic (exact) mass is 438 g/mol. The van der Waals surface area contributed by atoms with E-state index >= 15 is 0 Å². The van der Waals surface area contributed by atoms with Crippen LogP contribution in [-0.2, 0) is 23.0 Å². The van der Waals surface area contributed by atoms with E-state index in [-0.39, 0.29) is 30.0 Å². The molecule has 1 aliphatic carbocycles. The molecule has 2 heterocycles. The summed E-state index contributed by atoms with van der Waals surface area (Å²) < 4.78 is 7.62. The zero-order chi connectivity index (χ0) is 23.2. The highest BCUT2D eigenvalue weighted by molar-refractivity contribution is 6.11. The van der Waals surface area contributed by atoms with Crippen LogP contribution in [0.5, 0.6) is 0 Å². The quantitative estimate of drug-likeness (QED) is 0.722. The van der Waals surface area contributed by atoms with Crippen LogP contribution in [0, 0.1) is 11.3 Å². The Labute approximate surface area is 189 Å². The van der Waals surface area contributed by atoms with E-state index in [1.54, 1.807) is 0 Å². The first kappa shape index (κ1) is 22.4. The Morgan fingerprint density at radius 1 is 1.22 bits per heavy atom. The molecule has 2 aliphatic rings. The van der Waals surface area contributed by atoms with Crippen molar-refractivity contribution in [2.45, 2.75) is 52.7 Å². The highest BCUT2D eigenvalue weighted by atomic mass is 16.5. The molecule has 7 nitrogen and oxygen atoms in total. The summed E-state index contributed by atoms with van der Waals surface area (Å²) in [6.07, 6.45) is 5.62. The van der Waals surface area contributed by atoms with Crippen molar-refractivity contribution in [1.29, 1.82) is 0 Å². The number of benzene rings is 1. The summed E-state index contributed by atoms with van der Waals surface area (Å²) >= 11 is 0. The molecule has 1 aliphatic heterocycles. The number of Topliss-reactive ketones (excluding diaryl/α,β-unsaturated/α-hetero) is 1. The Kier molecular flexibility index (Phi) is 5.79. The number of ether oxygens (including phenoxy) is 1. The maximum Gasteiger partial charge on any atom is 0.325 e. The second-order valence-corrected chi connectivity index (χ2v) is 10.1. The number of hydrogen-bond donors (Lipinski definition) is 1. The van der Waals surface area contributed by atoms with Gasteiger partial charge < -0.3 is 24.8 Å². The lowest BCUT2D eigenvalue weighted by Crippen LogP contribution is -2.46. The Bertz CT molecular complexity index is 1070. The number of carbonyl (C=O) groups excluding carboxylic acids is 2. The van der Waals surface area contributed by atoms with Gasteiger partial charge in [-0.15, -0.1) is 0 Å². The third kappa shape index (κ3) is 3.90. The molecule has 0 radical (unpaired) electrons. The molecule has 0 bridgehead atoms. The molecule has 0 spiro atoms. The second-order valence-electron chi connectivity index (χ2n) is 10.1. The van der Waals surface area contributed by atoms with E-state index in [4.69, 9.17) is 10.5 Å². The topological polar surface area (TPSA) is 80.8 Å². The van der Waals surface area contributed by atoms with E-state index in [0.29, 0.717) is 6.54 Å². The first-order chi connectivity index (χ1) is 15.1. The molecule has 0 amide bonds. The minimum absolute atomic E-state index is 0.00428. The first-order valence-corrected chi connectivity index (χ1v) is 11.3. The fourth-order valence-corrected chi connectivity index (χ4v) is 4.65. The lowest BCUT2D eigenvalue weighted by Gasteiger charge is -2.33. The molecule has 2 unspecified atom stereocenters. The van der Waals surface area contributed by atoms with Crippen molar-refractivity contribution < 1.29 is 14.3 Å². The smallest absolute Gasteiger partial charge is 0.325 e. The normalized spacial score (nSPS) is 21.9. The Morgan fingerprint density at radius 3 is 2.62 bits per heavy atom. The van der Waals surface area contributed by atoms with Gasteiger partial charge in [0.05, 0.1) is 0 Å². The molecular weight excluding hydrogens is 404 g/mol. The summed E-state index contributed by atoms with van der Waals surface area (Å²) in [6.45, 7) is 8.59. The summed E-state index contributed by atoms with van der Waals surface area (Å²) in [7, 11) is 2.05. The number of carbonyl (C=O) groups is 2. The average Bonchev–Trinajstić information content (AvgIpc) is 3.25. The van der Waals surface area contributed by atoms with E-state index in [1.165, 1.54) is 0 Å². The van der Waals surface area contributed by atoms with Crippen LogP contribution in [0.1, 0.15) is 50.2 Å². The molecule has 172 valence electrons. The number of hydrogen-bond acceptors (Lipinski definition) is 6. The number of aryl methyl sites for hydroxylation is 1. The third-order valence-electron chi connectivity index (χ3n) is 6.96. The van der Waals surface area contributed by atoms with Crippen LogP contribution in [0.2, 0.25) is 0 Å². The number of para-hydroxylation sites is 1. The van der Waals surface area contributed by atoms with Gasteiger partial charge in [0.2, 0.25) is 0 Å². The number of rotatable bonds is 5. The van der Waals surface area contributed by atoms with Gasteiger partial charge in [0.1, 0.15) is 12.2 Å². The van der Waals surface area contributed by atoms with Crippen LogP contribution in [-0.4, -0.2) is 51.6 Å². The minimum atomic E-state index is -0.671. The Balaban J connectivity index is 1.40. The van der Waals surface area contributed by atoms with Crippen LogP contribution in [0.25, 0.3) is 10.9 Å². The molecule has 2 aromatic rings. The molecule has 0 saturated carbocycles. The fraction of sp³-hybridized carbons (Fsp3) is 0.520. The number of esters is 1. The van der Waals surface area contributed by atoms with Gasteiger partial charge in [-0.25, -0.2) is 0 Å². The van der Waals surface area contributed by atoms with E-state index in [0.717, 1.165) is 35.0 Å².